The molecule has 0 radical (unpaired) electrons. The van der Waals surface area contributed by atoms with Crippen molar-refractivity contribution < 1.29 is 51.0 Å². The number of nitrogens with zero attached hydrogens (tertiary/aromatic N) is 4. The van der Waals surface area contributed by atoms with Crippen LogP contribution in [-0.2, 0) is 33.5 Å². The van der Waals surface area contributed by atoms with Gasteiger partial charge in [-0.25, -0.2) is 32.3 Å². The molecule has 0 amide bonds. The molecule has 2 aromatic heterocycles. The Morgan fingerprint density at radius 1 is 1.18 bits per heavy atom. The zero-order valence-electron chi connectivity index (χ0n) is 13.7. The number of phosphoric acid groups is 2. The maximum absolute atomic E-state index is 13.2. The highest BCUT2D eigenvalue weighted by molar-refractivity contribution is 7.68. The van der Waals surface area contributed by atoms with Crippen LogP contribution in [0.25, 0.3) is 5.65 Å². The van der Waals surface area contributed by atoms with E-state index in [1.165, 1.54) is 10.7 Å². The molecule has 19 heteroatoms. The SMILES string of the molecule is Nc1ncnn2c(C[C@@H](CF)OCP(=O)(O)OP(=O)(O)OP(=O)(O)O)cnc12. The van der Waals surface area contributed by atoms with Gasteiger partial charge >= 0.3 is 23.2 Å². The maximum Gasteiger partial charge on any atom is 0.488 e. The average molecular weight is 465 g/mol. The number of hydrogen-bond acceptors (Lipinski definition) is 10. The minimum absolute atomic E-state index is 0.0657. The number of alkyl halides is 1. The third-order valence-electron chi connectivity index (χ3n) is 2.92. The van der Waals surface area contributed by atoms with Crippen LogP contribution in [0.4, 0.5) is 10.2 Å². The fourth-order valence-corrected chi connectivity index (χ4v) is 5.29. The summed E-state index contributed by atoms with van der Waals surface area (Å²) < 4.78 is 60.2. The van der Waals surface area contributed by atoms with Crippen LogP contribution >= 0.6 is 23.2 Å². The number of hydrogen-bond donors (Lipinski definition) is 5. The predicted octanol–water partition coefficient (Wildman–Crippen LogP) is -0.0271. The number of nitrogens with two attached hydrogens (primary N) is 1. The van der Waals surface area contributed by atoms with Gasteiger partial charge in [0.25, 0.3) is 0 Å². The van der Waals surface area contributed by atoms with Crippen LogP contribution in [-0.4, -0.2) is 58.3 Å². The van der Waals surface area contributed by atoms with Gasteiger partial charge in [0.15, 0.2) is 11.5 Å². The highest BCUT2D eigenvalue weighted by Gasteiger charge is 2.40. The van der Waals surface area contributed by atoms with Gasteiger partial charge in [0.2, 0.25) is 0 Å². The predicted molar refractivity (Wildman–Crippen MR) is 88.5 cm³/mol. The number of nitrogen functional groups attached to an aromatic ring is 1. The summed E-state index contributed by atoms with van der Waals surface area (Å²) in [4.78, 5) is 43.1. The van der Waals surface area contributed by atoms with Crippen molar-refractivity contribution in [2.24, 2.45) is 0 Å². The van der Waals surface area contributed by atoms with E-state index in [0.29, 0.717) is 5.69 Å². The van der Waals surface area contributed by atoms with E-state index >= 15 is 0 Å². The first-order valence-corrected chi connectivity index (χ1v) is 11.8. The molecule has 0 fully saturated rings. The number of anilines is 1. The van der Waals surface area contributed by atoms with Gasteiger partial charge in [0.1, 0.15) is 19.3 Å². The molecule has 6 N–H and O–H groups in total. The van der Waals surface area contributed by atoms with E-state index in [2.05, 4.69) is 23.7 Å². The molecule has 15 nitrogen and oxygen atoms in total. The molecule has 0 saturated heterocycles. The van der Waals surface area contributed by atoms with Gasteiger partial charge in [-0.2, -0.15) is 9.41 Å². The van der Waals surface area contributed by atoms with Gasteiger partial charge in [-0.15, -0.1) is 0 Å². The van der Waals surface area contributed by atoms with Gasteiger partial charge in [0, 0.05) is 6.42 Å². The van der Waals surface area contributed by atoms with E-state index in [1.54, 1.807) is 0 Å². The Bertz CT molecular complexity index is 981. The second kappa shape index (κ2) is 8.59. The van der Waals surface area contributed by atoms with Crippen LogP contribution in [0.15, 0.2) is 12.5 Å². The summed E-state index contributed by atoms with van der Waals surface area (Å²) in [5, 5.41) is 3.88. The number of fused-ring (bicyclic) bond motifs is 1. The molecule has 0 aliphatic heterocycles. The molecular formula is C9H15FN5O10P3. The molecule has 28 heavy (non-hydrogen) atoms. The van der Waals surface area contributed by atoms with Crippen molar-refractivity contribution in [1.82, 2.24) is 19.6 Å². The standard InChI is InChI=1S/C9H15FN5O10P3/c10-2-7(1-6-3-12-9-8(11)13-4-14-15(6)9)23-5-26(16,17)24-28(21,22)25-27(18,19)20/h3-4,7H,1-2,5H2,(H,16,17)(H,21,22)(H2,11,13,14)(H2,18,19,20)/t7-/m0/s1. The Morgan fingerprint density at radius 3 is 2.46 bits per heavy atom. The molecule has 2 rings (SSSR count). The first kappa shape index (κ1) is 23.0. The quantitative estimate of drug-likeness (QED) is 0.290. The molecule has 0 aliphatic carbocycles. The average Bonchev–Trinajstić information content (AvgIpc) is 2.92. The van der Waals surface area contributed by atoms with Gasteiger partial charge in [-0.1, -0.05) is 0 Å². The molecule has 0 aromatic carbocycles. The smallest absolute Gasteiger partial charge is 0.381 e. The van der Waals surface area contributed by atoms with Gasteiger partial charge < -0.3 is 30.0 Å². The van der Waals surface area contributed by atoms with Crippen LogP contribution in [0, 0.1) is 0 Å². The molecule has 3 atom stereocenters. The summed E-state index contributed by atoms with van der Waals surface area (Å²) in [6, 6.07) is 0. The highest BCUT2D eigenvalue weighted by atomic mass is 31.3. The lowest BCUT2D eigenvalue weighted by molar-refractivity contribution is 0.0549. The molecule has 2 unspecified atom stereocenters. The number of rotatable bonds is 10. The van der Waals surface area contributed by atoms with Gasteiger partial charge in [0.05, 0.1) is 18.0 Å². The summed E-state index contributed by atoms with van der Waals surface area (Å²) in [5.41, 5.74) is 6.12. The van der Waals surface area contributed by atoms with Crippen molar-refractivity contribution in [3.63, 3.8) is 0 Å². The third kappa shape index (κ3) is 6.64. The lowest BCUT2D eigenvalue weighted by Crippen LogP contribution is -2.21. The van der Waals surface area contributed by atoms with E-state index in [0.717, 1.165) is 6.33 Å². The first-order chi connectivity index (χ1) is 12.8. The second-order valence-electron chi connectivity index (χ2n) is 5.17. The molecule has 158 valence electrons. The summed E-state index contributed by atoms with van der Waals surface area (Å²) >= 11 is 0. The third-order valence-corrected chi connectivity index (χ3v) is 6.92. The molecule has 2 heterocycles. The Kier molecular flexibility index (Phi) is 7.05. The fourth-order valence-electron chi connectivity index (χ4n) is 1.95. The summed E-state index contributed by atoms with van der Waals surface area (Å²) in [7, 11) is -16.1. The summed E-state index contributed by atoms with van der Waals surface area (Å²) in [6.07, 6.45) is -0.346. The number of ether oxygens (including phenoxy) is 1. The van der Waals surface area contributed by atoms with Crippen molar-refractivity contribution >= 4 is 34.7 Å². The van der Waals surface area contributed by atoms with Crippen molar-refractivity contribution in [3.05, 3.63) is 18.2 Å². The van der Waals surface area contributed by atoms with Crippen LogP contribution < -0.4 is 5.73 Å². The van der Waals surface area contributed by atoms with Crippen LogP contribution in [0.3, 0.4) is 0 Å². The summed E-state index contributed by atoms with van der Waals surface area (Å²) in [5.74, 6) is 0.0657. The Hall–Kier alpha value is -1.31. The normalized spacial score (nSPS) is 17.9. The second-order valence-corrected chi connectivity index (χ2v) is 9.92. The summed E-state index contributed by atoms with van der Waals surface area (Å²) in [6.45, 7) is -1.14. The minimum Gasteiger partial charge on any atom is -0.381 e. The molecule has 0 aliphatic rings. The lowest BCUT2D eigenvalue weighted by Gasteiger charge is -2.19. The first-order valence-electron chi connectivity index (χ1n) is 7.05. The zero-order valence-corrected chi connectivity index (χ0v) is 16.4. The van der Waals surface area contributed by atoms with Crippen molar-refractivity contribution in [1.29, 1.82) is 0 Å². The van der Waals surface area contributed by atoms with E-state index in [4.69, 9.17) is 25.2 Å². The molecule has 0 spiro atoms. The Labute approximate surface area is 155 Å². The minimum atomic E-state index is -5.59. The number of halogens is 1. The van der Waals surface area contributed by atoms with Crippen LogP contribution in [0.2, 0.25) is 0 Å². The van der Waals surface area contributed by atoms with E-state index in [1.807, 2.05) is 0 Å². The van der Waals surface area contributed by atoms with E-state index in [9.17, 15) is 23.0 Å². The lowest BCUT2D eigenvalue weighted by atomic mass is 10.2. The van der Waals surface area contributed by atoms with Crippen LogP contribution in [0.1, 0.15) is 5.69 Å². The Morgan fingerprint density at radius 2 is 1.86 bits per heavy atom. The van der Waals surface area contributed by atoms with Crippen molar-refractivity contribution in [2.75, 3.05) is 18.8 Å². The fraction of sp³-hybridized carbons (Fsp3) is 0.444. The molecule has 2 aromatic rings. The molecule has 0 saturated carbocycles. The number of aromatic nitrogens is 4. The van der Waals surface area contributed by atoms with E-state index < -0.39 is 42.4 Å². The number of imidazole rings is 1. The Balaban J connectivity index is 2.02. The maximum atomic E-state index is 13.2. The van der Waals surface area contributed by atoms with Gasteiger partial charge in [-0.05, 0) is 0 Å². The largest absolute Gasteiger partial charge is 0.488 e. The van der Waals surface area contributed by atoms with Crippen molar-refractivity contribution in [2.45, 2.75) is 12.5 Å². The molecule has 0 bridgehead atoms. The zero-order chi connectivity index (χ0) is 21.2. The van der Waals surface area contributed by atoms with Gasteiger partial charge in [-0.3, -0.25) is 4.57 Å². The topological polar surface area (TPSA) is 229 Å². The van der Waals surface area contributed by atoms with E-state index in [-0.39, 0.29) is 17.9 Å². The molecular weight excluding hydrogens is 450 g/mol. The monoisotopic (exact) mass is 465 g/mol. The highest BCUT2D eigenvalue weighted by Crippen LogP contribution is 2.65. The van der Waals surface area contributed by atoms with Crippen molar-refractivity contribution in [3.8, 4) is 0 Å². The van der Waals surface area contributed by atoms with Crippen LogP contribution in [0.5, 0.6) is 0 Å².